The van der Waals surface area contributed by atoms with Gasteiger partial charge in [-0.05, 0) is 36.1 Å². The second-order valence-electron chi connectivity index (χ2n) is 5.96. The number of nitrogens with one attached hydrogen (secondary N) is 1. The molecule has 0 saturated heterocycles. The molecule has 1 atom stereocenters. The fourth-order valence-corrected chi connectivity index (χ4v) is 2.90. The van der Waals surface area contributed by atoms with Crippen LogP contribution in [0.3, 0.4) is 0 Å². The zero-order chi connectivity index (χ0) is 19.2. The van der Waals surface area contributed by atoms with Crippen molar-refractivity contribution in [3.05, 3.63) is 52.9 Å². The molecule has 9 heteroatoms. The highest BCUT2D eigenvalue weighted by Crippen LogP contribution is 2.19. The largest absolute Gasteiger partial charge is 0.451 e. The van der Waals surface area contributed by atoms with Gasteiger partial charge in [0, 0.05) is 6.54 Å². The van der Waals surface area contributed by atoms with Crippen LogP contribution in [0.15, 0.2) is 41.8 Å². The van der Waals surface area contributed by atoms with Crippen molar-refractivity contribution in [3.63, 3.8) is 0 Å². The summed E-state index contributed by atoms with van der Waals surface area (Å²) in [6, 6.07) is 11.6. The summed E-state index contributed by atoms with van der Waals surface area (Å²) in [7, 11) is 0. The minimum absolute atomic E-state index is 0.214. The summed E-state index contributed by atoms with van der Waals surface area (Å²) in [5.74, 6) is -0.528. The molecule has 0 saturated carbocycles. The summed E-state index contributed by atoms with van der Waals surface area (Å²) >= 11 is 1.48. The normalized spacial score (nSPS) is 11.8. The minimum Gasteiger partial charge on any atom is -0.451 e. The zero-order valence-electron chi connectivity index (χ0n) is 15.0. The van der Waals surface area contributed by atoms with E-state index in [9.17, 15) is 9.59 Å². The first-order chi connectivity index (χ1) is 13.0. The smallest absolute Gasteiger partial charge is 0.330 e. The van der Waals surface area contributed by atoms with Crippen LogP contribution in [0.25, 0.3) is 10.7 Å². The van der Waals surface area contributed by atoms with Gasteiger partial charge >= 0.3 is 5.97 Å². The number of nitrogens with zero attached hydrogens (tertiary/aromatic N) is 4. The molecule has 0 fully saturated rings. The molecule has 0 aliphatic carbocycles. The lowest BCUT2D eigenvalue weighted by Gasteiger charge is -2.13. The van der Waals surface area contributed by atoms with E-state index in [0.717, 1.165) is 20.8 Å². The van der Waals surface area contributed by atoms with E-state index < -0.39 is 12.1 Å². The van der Waals surface area contributed by atoms with Crippen molar-refractivity contribution in [2.75, 3.05) is 0 Å². The van der Waals surface area contributed by atoms with Gasteiger partial charge in [0.25, 0.3) is 5.91 Å². The molecule has 8 nitrogen and oxygen atoms in total. The van der Waals surface area contributed by atoms with E-state index >= 15 is 0 Å². The number of aryl methyl sites for hydroxylation is 1. The molecule has 0 aliphatic heterocycles. The first-order valence-corrected chi connectivity index (χ1v) is 9.23. The van der Waals surface area contributed by atoms with Crippen LogP contribution in [0, 0.1) is 6.92 Å². The molecule has 140 valence electrons. The van der Waals surface area contributed by atoms with Crippen molar-refractivity contribution < 1.29 is 14.3 Å². The molecule has 27 heavy (non-hydrogen) atoms. The molecule has 2 aromatic heterocycles. The van der Waals surface area contributed by atoms with Gasteiger partial charge in [0.1, 0.15) is 0 Å². The highest BCUT2D eigenvalue weighted by molar-refractivity contribution is 7.13. The van der Waals surface area contributed by atoms with Crippen LogP contribution < -0.4 is 5.32 Å². The van der Waals surface area contributed by atoms with Gasteiger partial charge in [0.15, 0.2) is 12.6 Å². The SMILES string of the molecule is Cc1ccc(CNC(=O)[C@@H](C)OC(=O)Cn2nnc(-c3cccs3)n2)cc1. The Balaban J connectivity index is 1.46. The number of thiophene rings is 1. The molecule has 3 aromatic rings. The van der Waals surface area contributed by atoms with Crippen LogP contribution in [0.1, 0.15) is 18.1 Å². The molecule has 3 rings (SSSR count). The van der Waals surface area contributed by atoms with Gasteiger partial charge in [0.05, 0.1) is 4.88 Å². The summed E-state index contributed by atoms with van der Waals surface area (Å²) in [6.45, 7) is 3.68. The van der Waals surface area contributed by atoms with Crippen LogP contribution in [0.2, 0.25) is 0 Å². The van der Waals surface area contributed by atoms with Crippen molar-refractivity contribution >= 4 is 23.2 Å². The van der Waals surface area contributed by atoms with Gasteiger partial charge in [-0.1, -0.05) is 35.9 Å². The van der Waals surface area contributed by atoms with Gasteiger partial charge in [-0.3, -0.25) is 4.79 Å². The second-order valence-corrected chi connectivity index (χ2v) is 6.90. The fourth-order valence-electron chi connectivity index (χ4n) is 2.26. The summed E-state index contributed by atoms with van der Waals surface area (Å²) in [5, 5.41) is 16.5. The number of tetrazole rings is 1. The van der Waals surface area contributed by atoms with Gasteiger partial charge in [-0.25, -0.2) is 4.79 Å². The number of ether oxygens (including phenoxy) is 1. The van der Waals surface area contributed by atoms with E-state index in [2.05, 4.69) is 20.7 Å². The van der Waals surface area contributed by atoms with Crippen LogP contribution in [0.4, 0.5) is 0 Å². The standard InChI is InChI=1S/C18H19N5O3S/c1-12-5-7-14(8-6-12)10-19-18(25)13(2)26-16(24)11-23-21-17(20-22-23)15-4-3-9-27-15/h3-9,13H,10-11H2,1-2H3,(H,19,25)/t13-/m1/s1. The van der Waals surface area contributed by atoms with E-state index in [1.165, 1.54) is 18.3 Å². The maximum Gasteiger partial charge on any atom is 0.330 e. The number of hydrogen-bond donors (Lipinski definition) is 1. The number of esters is 1. The van der Waals surface area contributed by atoms with E-state index in [1.54, 1.807) is 0 Å². The maximum atomic E-state index is 12.1. The van der Waals surface area contributed by atoms with E-state index in [0.29, 0.717) is 12.4 Å². The summed E-state index contributed by atoms with van der Waals surface area (Å²) < 4.78 is 5.15. The van der Waals surface area contributed by atoms with E-state index in [-0.39, 0.29) is 12.5 Å². The Labute approximate surface area is 160 Å². The Morgan fingerprint density at radius 1 is 1.26 bits per heavy atom. The number of rotatable bonds is 7. The lowest BCUT2D eigenvalue weighted by atomic mass is 10.1. The molecule has 0 radical (unpaired) electrons. The number of aromatic nitrogens is 4. The van der Waals surface area contributed by atoms with Gasteiger partial charge < -0.3 is 10.1 Å². The maximum absolute atomic E-state index is 12.1. The van der Waals surface area contributed by atoms with Crippen LogP contribution in [-0.4, -0.2) is 38.2 Å². The first kappa shape index (κ1) is 18.7. The third kappa shape index (κ3) is 5.20. The summed E-state index contributed by atoms with van der Waals surface area (Å²) in [5.41, 5.74) is 2.12. The fraction of sp³-hybridized carbons (Fsp3) is 0.278. The van der Waals surface area contributed by atoms with Crippen LogP contribution >= 0.6 is 11.3 Å². The molecular formula is C18H19N5O3S. The first-order valence-electron chi connectivity index (χ1n) is 8.35. The van der Waals surface area contributed by atoms with Crippen molar-refractivity contribution in [2.24, 2.45) is 0 Å². The van der Waals surface area contributed by atoms with Crippen molar-refractivity contribution in [2.45, 2.75) is 33.0 Å². The molecule has 2 heterocycles. The Kier molecular flexibility index (Phi) is 5.92. The monoisotopic (exact) mass is 385 g/mol. The average molecular weight is 385 g/mol. The molecule has 0 spiro atoms. The van der Waals surface area contributed by atoms with Crippen molar-refractivity contribution in [1.82, 2.24) is 25.5 Å². The Hall–Kier alpha value is -3.07. The van der Waals surface area contributed by atoms with Gasteiger partial charge in [-0.2, -0.15) is 4.80 Å². The molecule has 0 aliphatic rings. The summed E-state index contributed by atoms with van der Waals surface area (Å²) in [4.78, 5) is 26.1. The zero-order valence-corrected chi connectivity index (χ0v) is 15.8. The predicted octanol–water partition coefficient (Wildman–Crippen LogP) is 1.96. The van der Waals surface area contributed by atoms with Gasteiger partial charge in [-0.15, -0.1) is 21.5 Å². The number of benzene rings is 1. The minimum atomic E-state index is -0.914. The molecule has 1 N–H and O–H groups in total. The van der Waals surface area contributed by atoms with Crippen molar-refractivity contribution in [1.29, 1.82) is 0 Å². The Morgan fingerprint density at radius 2 is 2.04 bits per heavy atom. The number of carbonyl (C=O) groups is 2. The Bertz CT molecular complexity index is 905. The third-order valence-electron chi connectivity index (χ3n) is 3.73. The number of hydrogen-bond acceptors (Lipinski definition) is 7. The molecule has 0 bridgehead atoms. The van der Waals surface area contributed by atoms with E-state index in [4.69, 9.17) is 4.74 Å². The van der Waals surface area contributed by atoms with E-state index in [1.807, 2.05) is 48.7 Å². The Morgan fingerprint density at radius 3 is 2.74 bits per heavy atom. The third-order valence-corrected chi connectivity index (χ3v) is 4.60. The average Bonchev–Trinajstić information content (AvgIpc) is 3.32. The lowest BCUT2D eigenvalue weighted by molar-refractivity contribution is -0.155. The topological polar surface area (TPSA) is 99.0 Å². The van der Waals surface area contributed by atoms with Gasteiger partial charge in [0.2, 0.25) is 5.82 Å². The molecule has 1 aromatic carbocycles. The number of amides is 1. The second kappa shape index (κ2) is 8.54. The van der Waals surface area contributed by atoms with Crippen LogP contribution in [-0.2, 0) is 27.4 Å². The highest BCUT2D eigenvalue weighted by Gasteiger charge is 2.19. The van der Waals surface area contributed by atoms with Crippen LogP contribution in [0.5, 0.6) is 0 Å². The molecular weight excluding hydrogens is 366 g/mol. The quantitative estimate of drug-likeness (QED) is 0.624. The number of carbonyl (C=O) groups excluding carboxylic acids is 2. The summed E-state index contributed by atoms with van der Waals surface area (Å²) in [6.07, 6.45) is -0.914. The molecule has 1 amide bonds. The highest BCUT2D eigenvalue weighted by atomic mass is 32.1. The molecule has 0 unspecified atom stereocenters. The van der Waals surface area contributed by atoms with Crippen molar-refractivity contribution in [3.8, 4) is 10.7 Å². The predicted molar refractivity (Wildman–Crippen MR) is 99.7 cm³/mol. The lowest BCUT2D eigenvalue weighted by Crippen LogP contribution is -2.36.